The summed E-state index contributed by atoms with van der Waals surface area (Å²) in [5, 5.41) is 0. The van der Waals surface area contributed by atoms with E-state index in [-0.39, 0.29) is 6.04 Å². The van der Waals surface area contributed by atoms with E-state index in [4.69, 9.17) is 5.73 Å². The van der Waals surface area contributed by atoms with Crippen molar-refractivity contribution in [3.63, 3.8) is 0 Å². The topological polar surface area (TPSA) is 43.1 Å². The number of rotatable bonds is 5. The van der Waals surface area contributed by atoms with E-state index in [2.05, 4.69) is 36.4 Å². The van der Waals surface area contributed by atoms with E-state index in [1.807, 2.05) is 18.2 Å². The van der Waals surface area contributed by atoms with Crippen molar-refractivity contribution < 1.29 is 4.79 Å². The van der Waals surface area contributed by atoms with Crippen molar-refractivity contribution >= 4 is 6.29 Å². The van der Waals surface area contributed by atoms with Gasteiger partial charge in [0.25, 0.3) is 0 Å². The summed E-state index contributed by atoms with van der Waals surface area (Å²) in [7, 11) is 0. The lowest BCUT2D eigenvalue weighted by atomic mass is 10.0. The van der Waals surface area contributed by atoms with Crippen LogP contribution in [-0.2, 0) is 11.2 Å². The van der Waals surface area contributed by atoms with E-state index >= 15 is 0 Å². The number of hydrogen-bond acceptors (Lipinski definition) is 2. The zero-order chi connectivity index (χ0) is 12.8. The average molecular weight is 239 g/mol. The number of aldehydes is 1. The maximum atomic E-state index is 10.4. The fourth-order valence-electron chi connectivity index (χ4n) is 1.90. The molecule has 0 spiro atoms. The second kappa shape index (κ2) is 6.12. The van der Waals surface area contributed by atoms with Crippen molar-refractivity contribution in [1.29, 1.82) is 0 Å². The van der Waals surface area contributed by atoms with Gasteiger partial charge in [0.2, 0.25) is 0 Å². The molecular formula is C16H17NO. The van der Waals surface area contributed by atoms with Gasteiger partial charge in [0.05, 0.1) is 6.04 Å². The molecule has 2 rings (SSSR count). The molecule has 0 bridgehead atoms. The van der Waals surface area contributed by atoms with Crippen LogP contribution in [0.4, 0.5) is 0 Å². The summed E-state index contributed by atoms with van der Waals surface area (Å²) < 4.78 is 0. The molecule has 0 fully saturated rings. The highest BCUT2D eigenvalue weighted by molar-refractivity contribution is 5.63. The summed E-state index contributed by atoms with van der Waals surface area (Å²) in [5.74, 6) is 0. The number of benzene rings is 2. The molecule has 92 valence electrons. The van der Waals surface area contributed by atoms with Crippen LogP contribution in [0.3, 0.4) is 0 Å². The molecule has 0 saturated heterocycles. The Bertz CT molecular complexity index is 490. The van der Waals surface area contributed by atoms with Crippen LogP contribution < -0.4 is 5.73 Å². The van der Waals surface area contributed by atoms with Crippen LogP contribution in [0.5, 0.6) is 0 Å². The lowest BCUT2D eigenvalue weighted by molar-refractivity contribution is -0.109. The van der Waals surface area contributed by atoms with E-state index < -0.39 is 0 Å². The fraction of sp³-hybridized carbons (Fsp3) is 0.188. The SMILES string of the molecule is NC(C=O)CCc1ccc(-c2ccccc2)cc1. The second-order valence-electron chi connectivity index (χ2n) is 4.40. The normalized spacial score (nSPS) is 12.1. The highest BCUT2D eigenvalue weighted by atomic mass is 16.1. The third-order valence-corrected chi connectivity index (χ3v) is 3.00. The molecule has 1 unspecified atom stereocenters. The van der Waals surface area contributed by atoms with E-state index in [0.29, 0.717) is 6.42 Å². The van der Waals surface area contributed by atoms with Crippen LogP contribution in [0.2, 0.25) is 0 Å². The minimum absolute atomic E-state index is 0.348. The van der Waals surface area contributed by atoms with Crippen molar-refractivity contribution in [1.82, 2.24) is 0 Å². The van der Waals surface area contributed by atoms with Gasteiger partial charge in [-0.1, -0.05) is 54.6 Å². The molecule has 18 heavy (non-hydrogen) atoms. The third-order valence-electron chi connectivity index (χ3n) is 3.00. The lowest BCUT2D eigenvalue weighted by Gasteiger charge is -2.06. The van der Waals surface area contributed by atoms with Gasteiger partial charge in [0.15, 0.2) is 0 Å². The smallest absolute Gasteiger partial charge is 0.136 e. The second-order valence-corrected chi connectivity index (χ2v) is 4.40. The standard InChI is InChI=1S/C16H17NO/c17-16(12-18)11-8-13-6-9-15(10-7-13)14-4-2-1-3-5-14/h1-7,9-10,12,16H,8,11,17H2. The van der Waals surface area contributed by atoms with Crippen LogP contribution in [0.15, 0.2) is 54.6 Å². The van der Waals surface area contributed by atoms with Crippen molar-refractivity contribution in [2.24, 2.45) is 5.73 Å². The van der Waals surface area contributed by atoms with Crippen molar-refractivity contribution in [2.75, 3.05) is 0 Å². The zero-order valence-corrected chi connectivity index (χ0v) is 10.3. The number of hydrogen-bond donors (Lipinski definition) is 1. The van der Waals surface area contributed by atoms with Gasteiger partial charge in [-0.3, -0.25) is 0 Å². The molecule has 0 aliphatic rings. The Morgan fingerprint density at radius 1 is 0.944 bits per heavy atom. The number of carbonyl (C=O) groups excluding carboxylic acids is 1. The molecule has 2 nitrogen and oxygen atoms in total. The molecule has 0 radical (unpaired) electrons. The van der Waals surface area contributed by atoms with Gasteiger partial charge < -0.3 is 10.5 Å². The van der Waals surface area contributed by atoms with Crippen LogP contribution in [0, 0.1) is 0 Å². The highest BCUT2D eigenvalue weighted by Crippen LogP contribution is 2.19. The van der Waals surface area contributed by atoms with E-state index in [9.17, 15) is 4.79 Å². The summed E-state index contributed by atoms with van der Waals surface area (Å²) in [5.41, 5.74) is 9.21. The van der Waals surface area contributed by atoms with Crippen molar-refractivity contribution in [2.45, 2.75) is 18.9 Å². The Morgan fingerprint density at radius 3 is 2.17 bits per heavy atom. The van der Waals surface area contributed by atoms with Gasteiger partial charge in [0, 0.05) is 0 Å². The number of aryl methyl sites for hydroxylation is 1. The molecule has 0 amide bonds. The van der Waals surface area contributed by atoms with Gasteiger partial charge >= 0.3 is 0 Å². The highest BCUT2D eigenvalue weighted by Gasteiger charge is 2.01. The lowest BCUT2D eigenvalue weighted by Crippen LogP contribution is -2.21. The van der Waals surface area contributed by atoms with Gasteiger partial charge in [0.1, 0.15) is 6.29 Å². The Morgan fingerprint density at radius 2 is 1.56 bits per heavy atom. The average Bonchev–Trinajstić information content (AvgIpc) is 2.46. The van der Waals surface area contributed by atoms with Gasteiger partial charge in [-0.05, 0) is 29.5 Å². The number of nitrogens with two attached hydrogens (primary N) is 1. The maximum absolute atomic E-state index is 10.4. The summed E-state index contributed by atoms with van der Waals surface area (Å²) in [6.07, 6.45) is 2.35. The molecule has 1 atom stereocenters. The summed E-state index contributed by atoms with van der Waals surface area (Å²) in [6.45, 7) is 0. The van der Waals surface area contributed by atoms with Crippen LogP contribution in [-0.4, -0.2) is 12.3 Å². The molecule has 0 saturated carbocycles. The van der Waals surface area contributed by atoms with Crippen LogP contribution in [0.25, 0.3) is 11.1 Å². The minimum atomic E-state index is -0.348. The first-order valence-electron chi connectivity index (χ1n) is 6.15. The summed E-state index contributed by atoms with van der Waals surface area (Å²) in [6, 6.07) is 18.3. The maximum Gasteiger partial charge on any atom is 0.136 e. The van der Waals surface area contributed by atoms with Crippen LogP contribution in [0.1, 0.15) is 12.0 Å². The Labute approximate surface area is 107 Å². The third kappa shape index (κ3) is 3.28. The largest absolute Gasteiger partial charge is 0.322 e. The molecule has 0 aliphatic carbocycles. The van der Waals surface area contributed by atoms with Gasteiger partial charge in [-0.15, -0.1) is 0 Å². The monoisotopic (exact) mass is 239 g/mol. The van der Waals surface area contributed by atoms with E-state index in [1.165, 1.54) is 16.7 Å². The molecule has 0 heterocycles. The molecular weight excluding hydrogens is 222 g/mol. The van der Waals surface area contributed by atoms with Gasteiger partial charge in [-0.2, -0.15) is 0 Å². The number of carbonyl (C=O) groups is 1. The van der Waals surface area contributed by atoms with E-state index in [1.54, 1.807) is 0 Å². The predicted octanol–water partition coefficient (Wildman–Crippen LogP) is 2.81. The first kappa shape index (κ1) is 12.5. The Kier molecular flexibility index (Phi) is 4.26. The summed E-state index contributed by atoms with van der Waals surface area (Å²) >= 11 is 0. The molecule has 2 heteroatoms. The minimum Gasteiger partial charge on any atom is -0.322 e. The van der Waals surface area contributed by atoms with Crippen LogP contribution >= 0.6 is 0 Å². The first-order chi connectivity index (χ1) is 8.79. The predicted molar refractivity (Wildman–Crippen MR) is 74.2 cm³/mol. The molecule has 2 aromatic carbocycles. The van der Waals surface area contributed by atoms with Crippen molar-refractivity contribution in [3.05, 3.63) is 60.2 Å². The first-order valence-corrected chi connectivity index (χ1v) is 6.15. The quantitative estimate of drug-likeness (QED) is 0.815. The Balaban J connectivity index is 2.04. The molecule has 2 aromatic rings. The van der Waals surface area contributed by atoms with E-state index in [0.717, 1.165) is 12.7 Å². The van der Waals surface area contributed by atoms with Gasteiger partial charge in [-0.25, -0.2) is 0 Å². The van der Waals surface area contributed by atoms with Crippen molar-refractivity contribution in [3.8, 4) is 11.1 Å². The molecule has 0 aliphatic heterocycles. The zero-order valence-electron chi connectivity index (χ0n) is 10.3. The fourth-order valence-corrected chi connectivity index (χ4v) is 1.90. The molecule has 2 N–H and O–H groups in total. The summed E-state index contributed by atoms with van der Waals surface area (Å²) in [4.78, 5) is 10.4. The Hall–Kier alpha value is -1.93. The molecule has 0 aromatic heterocycles.